The SMILES string of the molecule is CCNC(=NCc1cccc(NC(C)=O)c1)NCCCc1ccccc1. The van der Waals surface area contributed by atoms with E-state index in [0.29, 0.717) is 6.54 Å². The molecule has 0 heterocycles. The molecule has 0 atom stereocenters. The second kappa shape index (κ2) is 10.9. The molecule has 0 radical (unpaired) electrons. The summed E-state index contributed by atoms with van der Waals surface area (Å²) >= 11 is 0. The molecule has 5 heteroatoms. The summed E-state index contributed by atoms with van der Waals surface area (Å²) in [7, 11) is 0. The molecule has 0 bridgehead atoms. The number of carbonyl (C=O) groups is 1. The van der Waals surface area contributed by atoms with Crippen molar-refractivity contribution in [3.8, 4) is 0 Å². The Kier molecular flexibility index (Phi) is 8.19. The van der Waals surface area contributed by atoms with E-state index in [9.17, 15) is 4.79 Å². The molecule has 0 fully saturated rings. The topological polar surface area (TPSA) is 65.5 Å². The summed E-state index contributed by atoms with van der Waals surface area (Å²) in [6, 6.07) is 18.3. The Morgan fingerprint density at radius 2 is 1.77 bits per heavy atom. The highest BCUT2D eigenvalue weighted by Gasteiger charge is 2.00. The average Bonchev–Trinajstić information content (AvgIpc) is 2.64. The number of aryl methyl sites for hydroxylation is 1. The molecule has 0 aliphatic carbocycles. The Bertz CT molecular complexity index is 713. The third-order valence-corrected chi connectivity index (χ3v) is 3.79. The quantitative estimate of drug-likeness (QED) is 0.388. The molecule has 0 unspecified atom stereocenters. The van der Waals surface area contributed by atoms with Gasteiger partial charge >= 0.3 is 0 Å². The minimum atomic E-state index is -0.0703. The van der Waals surface area contributed by atoms with Crippen LogP contribution in [0.25, 0.3) is 0 Å². The number of guanidine groups is 1. The zero-order valence-corrected chi connectivity index (χ0v) is 15.6. The van der Waals surface area contributed by atoms with E-state index in [0.717, 1.165) is 43.1 Å². The fourth-order valence-electron chi connectivity index (χ4n) is 2.61. The minimum Gasteiger partial charge on any atom is -0.357 e. The molecule has 2 aromatic rings. The van der Waals surface area contributed by atoms with E-state index in [1.54, 1.807) is 0 Å². The van der Waals surface area contributed by atoms with Crippen LogP contribution in [0.15, 0.2) is 59.6 Å². The van der Waals surface area contributed by atoms with E-state index < -0.39 is 0 Å². The highest BCUT2D eigenvalue weighted by atomic mass is 16.1. The van der Waals surface area contributed by atoms with Crippen molar-refractivity contribution >= 4 is 17.6 Å². The van der Waals surface area contributed by atoms with E-state index >= 15 is 0 Å². The van der Waals surface area contributed by atoms with E-state index in [1.165, 1.54) is 12.5 Å². The molecule has 0 spiro atoms. The number of amides is 1. The molecule has 3 N–H and O–H groups in total. The van der Waals surface area contributed by atoms with Crippen molar-refractivity contribution in [3.05, 3.63) is 65.7 Å². The van der Waals surface area contributed by atoms with Gasteiger partial charge in [-0.25, -0.2) is 4.99 Å². The van der Waals surface area contributed by atoms with Crippen molar-refractivity contribution in [2.75, 3.05) is 18.4 Å². The van der Waals surface area contributed by atoms with Crippen LogP contribution in [0, 0.1) is 0 Å². The lowest BCUT2D eigenvalue weighted by Crippen LogP contribution is -2.37. The van der Waals surface area contributed by atoms with Gasteiger partial charge in [-0.2, -0.15) is 0 Å². The molecule has 0 saturated heterocycles. The fourth-order valence-corrected chi connectivity index (χ4v) is 2.61. The highest BCUT2D eigenvalue weighted by Crippen LogP contribution is 2.11. The Hall–Kier alpha value is -2.82. The van der Waals surface area contributed by atoms with Gasteiger partial charge in [-0.1, -0.05) is 42.5 Å². The number of aliphatic imine (C=N–C) groups is 1. The van der Waals surface area contributed by atoms with Gasteiger partial charge in [0.15, 0.2) is 5.96 Å². The first-order chi connectivity index (χ1) is 12.7. The summed E-state index contributed by atoms with van der Waals surface area (Å²) in [4.78, 5) is 15.8. The monoisotopic (exact) mass is 352 g/mol. The summed E-state index contributed by atoms with van der Waals surface area (Å²) in [5, 5.41) is 9.44. The van der Waals surface area contributed by atoms with Gasteiger partial charge in [0.05, 0.1) is 6.54 Å². The summed E-state index contributed by atoms with van der Waals surface area (Å²) in [6.45, 7) is 5.80. The van der Waals surface area contributed by atoms with Gasteiger partial charge in [-0.15, -0.1) is 0 Å². The van der Waals surface area contributed by atoms with E-state index in [1.807, 2.05) is 30.3 Å². The maximum Gasteiger partial charge on any atom is 0.221 e. The van der Waals surface area contributed by atoms with Crippen molar-refractivity contribution in [1.82, 2.24) is 10.6 Å². The molecular formula is C21H28N4O. The second-order valence-corrected chi connectivity index (χ2v) is 6.09. The Balaban J connectivity index is 1.84. The van der Waals surface area contributed by atoms with Crippen LogP contribution in [0.2, 0.25) is 0 Å². The molecule has 26 heavy (non-hydrogen) atoms. The van der Waals surface area contributed by atoms with Crippen LogP contribution in [0.1, 0.15) is 31.4 Å². The second-order valence-electron chi connectivity index (χ2n) is 6.09. The zero-order valence-electron chi connectivity index (χ0n) is 15.6. The highest BCUT2D eigenvalue weighted by molar-refractivity contribution is 5.88. The van der Waals surface area contributed by atoms with Gasteiger partial charge in [0, 0.05) is 25.7 Å². The summed E-state index contributed by atoms with van der Waals surface area (Å²) in [6.07, 6.45) is 2.10. The lowest BCUT2D eigenvalue weighted by molar-refractivity contribution is -0.114. The number of anilines is 1. The molecule has 0 aromatic heterocycles. The number of hydrogen-bond acceptors (Lipinski definition) is 2. The van der Waals surface area contributed by atoms with Crippen molar-refractivity contribution in [1.29, 1.82) is 0 Å². The maximum absolute atomic E-state index is 11.2. The van der Waals surface area contributed by atoms with Gasteiger partial charge < -0.3 is 16.0 Å². The number of rotatable bonds is 8. The van der Waals surface area contributed by atoms with E-state index in [-0.39, 0.29) is 5.91 Å². The molecule has 5 nitrogen and oxygen atoms in total. The van der Waals surface area contributed by atoms with Crippen LogP contribution in [0.3, 0.4) is 0 Å². The Morgan fingerprint density at radius 1 is 1.00 bits per heavy atom. The van der Waals surface area contributed by atoms with Gasteiger partial charge in [-0.05, 0) is 43.0 Å². The van der Waals surface area contributed by atoms with Gasteiger partial charge in [-0.3, -0.25) is 4.79 Å². The van der Waals surface area contributed by atoms with Crippen LogP contribution in [-0.4, -0.2) is 25.0 Å². The summed E-state index contributed by atoms with van der Waals surface area (Å²) in [5.74, 6) is 0.740. The van der Waals surface area contributed by atoms with Crippen molar-refractivity contribution in [2.45, 2.75) is 33.2 Å². The third-order valence-electron chi connectivity index (χ3n) is 3.79. The molecule has 0 aliphatic heterocycles. The predicted molar refractivity (Wildman–Crippen MR) is 108 cm³/mol. The van der Waals surface area contributed by atoms with Crippen LogP contribution in [-0.2, 0) is 17.8 Å². The van der Waals surface area contributed by atoms with Crippen LogP contribution < -0.4 is 16.0 Å². The molecule has 0 saturated carbocycles. The smallest absolute Gasteiger partial charge is 0.221 e. The van der Waals surface area contributed by atoms with Crippen LogP contribution in [0.5, 0.6) is 0 Å². The average molecular weight is 352 g/mol. The standard InChI is InChI=1S/C21H28N4O/c1-3-22-21(23-14-8-12-18-9-5-4-6-10-18)24-16-19-11-7-13-20(15-19)25-17(2)26/h4-7,9-11,13,15H,3,8,12,14,16H2,1-2H3,(H,25,26)(H2,22,23,24). The third kappa shape index (κ3) is 7.38. The zero-order chi connectivity index (χ0) is 18.6. The lowest BCUT2D eigenvalue weighted by Gasteiger charge is -2.11. The molecule has 2 rings (SSSR count). The number of nitrogens with zero attached hydrogens (tertiary/aromatic N) is 1. The number of nitrogens with one attached hydrogen (secondary N) is 3. The largest absolute Gasteiger partial charge is 0.357 e. The molecule has 138 valence electrons. The summed E-state index contributed by atoms with van der Waals surface area (Å²) < 4.78 is 0. The van der Waals surface area contributed by atoms with Crippen LogP contribution in [0.4, 0.5) is 5.69 Å². The Labute approximate surface area is 155 Å². The number of hydrogen-bond donors (Lipinski definition) is 3. The molecule has 0 aliphatic rings. The Morgan fingerprint density at radius 3 is 2.50 bits per heavy atom. The van der Waals surface area contributed by atoms with Gasteiger partial charge in [0.25, 0.3) is 0 Å². The fraction of sp³-hybridized carbons (Fsp3) is 0.333. The molecule has 1 amide bonds. The summed E-state index contributed by atoms with van der Waals surface area (Å²) in [5.41, 5.74) is 3.20. The number of benzene rings is 2. The first kappa shape index (κ1) is 19.5. The van der Waals surface area contributed by atoms with Crippen LogP contribution >= 0.6 is 0 Å². The first-order valence-electron chi connectivity index (χ1n) is 9.10. The predicted octanol–water partition coefficient (Wildman–Crippen LogP) is 3.33. The maximum atomic E-state index is 11.2. The van der Waals surface area contributed by atoms with E-state index in [2.05, 4.69) is 52.1 Å². The normalized spacial score (nSPS) is 11.1. The minimum absolute atomic E-state index is 0.0703. The molecular weight excluding hydrogens is 324 g/mol. The van der Waals surface area contributed by atoms with Crippen molar-refractivity contribution in [2.24, 2.45) is 4.99 Å². The first-order valence-corrected chi connectivity index (χ1v) is 9.10. The molecule has 2 aromatic carbocycles. The van der Waals surface area contributed by atoms with Gasteiger partial charge in [0.2, 0.25) is 5.91 Å². The van der Waals surface area contributed by atoms with Gasteiger partial charge in [0.1, 0.15) is 0 Å². The van der Waals surface area contributed by atoms with Crippen molar-refractivity contribution in [3.63, 3.8) is 0 Å². The van der Waals surface area contributed by atoms with Crippen molar-refractivity contribution < 1.29 is 4.79 Å². The lowest BCUT2D eigenvalue weighted by atomic mass is 10.1. The number of carbonyl (C=O) groups excluding carboxylic acids is 1. The van der Waals surface area contributed by atoms with E-state index in [4.69, 9.17) is 0 Å².